The molecule has 2 rings (SSSR count). The Bertz CT molecular complexity index is 516. The van der Waals surface area contributed by atoms with Crippen LogP contribution in [0.2, 0.25) is 0 Å². The summed E-state index contributed by atoms with van der Waals surface area (Å²) in [5, 5.41) is 3.76. The highest BCUT2D eigenvalue weighted by atomic mass is 16.1. The predicted molar refractivity (Wildman–Crippen MR) is 65.3 cm³/mol. The van der Waals surface area contributed by atoms with Crippen LogP contribution in [-0.2, 0) is 0 Å². The van der Waals surface area contributed by atoms with E-state index in [1.165, 1.54) is 0 Å². The molecule has 0 atom stereocenters. The van der Waals surface area contributed by atoms with E-state index < -0.39 is 0 Å². The second-order valence-corrected chi connectivity index (χ2v) is 3.76. The van der Waals surface area contributed by atoms with Gasteiger partial charge in [-0.15, -0.1) is 0 Å². The van der Waals surface area contributed by atoms with E-state index in [0.29, 0.717) is 17.8 Å². The Morgan fingerprint density at radius 3 is 3.06 bits per heavy atom. The SMILES string of the molecule is CCCNC(=O)c1c[nH]c2cc(N)ccc12. The summed E-state index contributed by atoms with van der Waals surface area (Å²) < 4.78 is 0. The topological polar surface area (TPSA) is 70.9 Å². The largest absolute Gasteiger partial charge is 0.399 e. The number of aromatic amines is 1. The second kappa shape index (κ2) is 4.26. The molecule has 0 unspecified atom stereocenters. The number of benzene rings is 1. The van der Waals surface area contributed by atoms with Crippen LogP contribution in [0.3, 0.4) is 0 Å². The number of aromatic nitrogens is 1. The van der Waals surface area contributed by atoms with Crippen molar-refractivity contribution in [1.82, 2.24) is 10.3 Å². The van der Waals surface area contributed by atoms with Gasteiger partial charge in [0, 0.05) is 29.3 Å². The van der Waals surface area contributed by atoms with Crippen molar-refractivity contribution < 1.29 is 4.79 Å². The van der Waals surface area contributed by atoms with Gasteiger partial charge >= 0.3 is 0 Å². The molecular formula is C12H15N3O. The summed E-state index contributed by atoms with van der Waals surface area (Å²) in [5.74, 6) is -0.0436. The predicted octanol–water partition coefficient (Wildman–Crippen LogP) is 1.89. The van der Waals surface area contributed by atoms with Crippen LogP contribution in [-0.4, -0.2) is 17.4 Å². The Hall–Kier alpha value is -1.97. The third-order valence-electron chi connectivity index (χ3n) is 2.49. The molecule has 4 heteroatoms. The normalized spacial score (nSPS) is 10.6. The molecule has 2 aromatic rings. The van der Waals surface area contributed by atoms with Crippen LogP contribution in [0.1, 0.15) is 23.7 Å². The number of hydrogen-bond donors (Lipinski definition) is 3. The molecule has 1 heterocycles. The molecule has 0 radical (unpaired) electrons. The number of carbonyl (C=O) groups excluding carboxylic acids is 1. The number of hydrogen-bond acceptors (Lipinski definition) is 2. The summed E-state index contributed by atoms with van der Waals surface area (Å²) in [7, 11) is 0. The highest BCUT2D eigenvalue weighted by Crippen LogP contribution is 2.20. The van der Waals surface area contributed by atoms with Crippen molar-refractivity contribution in [1.29, 1.82) is 0 Å². The molecule has 0 aliphatic carbocycles. The fraction of sp³-hybridized carbons (Fsp3) is 0.250. The molecule has 1 aromatic heterocycles. The number of amides is 1. The number of carbonyl (C=O) groups is 1. The van der Waals surface area contributed by atoms with Gasteiger partial charge in [0.25, 0.3) is 5.91 Å². The third kappa shape index (κ3) is 1.86. The smallest absolute Gasteiger partial charge is 0.253 e. The molecule has 1 amide bonds. The minimum absolute atomic E-state index is 0.0436. The second-order valence-electron chi connectivity index (χ2n) is 3.76. The van der Waals surface area contributed by atoms with Crippen molar-refractivity contribution in [3.05, 3.63) is 30.0 Å². The van der Waals surface area contributed by atoms with E-state index in [2.05, 4.69) is 10.3 Å². The van der Waals surface area contributed by atoms with Crippen LogP contribution in [0.25, 0.3) is 10.9 Å². The highest BCUT2D eigenvalue weighted by Gasteiger charge is 2.10. The number of rotatable bonds is 3. The van der Waals surface area contributed by atoms with E-state index >= 15 is 0 Å². The summed E-state index contributed by atoms with van der Waals surface area (Å²) in [6, 6.07) is 5.49. The van der Waals surface area contributed by atoms with Crippen molar-refractivity contribution in [2.45, 2.75) is 13.3 Å². The molecule has 16 heavy (non-hydrogen) atoms. The van der Waals surface area contributed by atoms with Crippen LogP contribution >= 0.6 is 0 Å². The van der Waals surface area contributed by atoms with E-state index in [1.54, 1.807) is 12.3 Å². The maximum absolute atomic E-state index is 11.8. The molecule has 4 nitrogen and oxygen atoms in total. The Morgan fingerprint density at radius 2 is 2.31 bits per heavy atom. The first-order valence-corrected chi connectivity index (χ1v) is 5.37. The maximum atomic E-state index is 11.8. The molecule has 0 saturated carbocycles. The van der Waals surface area contributed by atoms with Crippen molar-refractivity contribution in [3.8, 4) is 0 Å². The van der Waals surface area contributed by atoms with Gasteiger partial charge in [-0.25, -0.2) is 0 Å². The Balaban J connectivity index is 2.34. The number of nitrogen functional groups attached to an aromatic ring is 1. The zero-order valence-corrected chi connectivity index (χ0v) is 9.21. The van der Waals surface area contributed by atoms with Gasteiger partial charge in [-0.3, -0.25) is 4.79 Å². The lowest BCUT2D eigenvalue weighted by Gasteiger charge is -2.01. The van der Waals surface area contributed by atoms with E-state index in [1.807, 2.05) is 19.1 Å². The zero-order valence-electron chi connectivity index (χ0n) is 9.21. The quantitative estimate of drug-likeness (QED) is 0.687. The number of anilines is 1. The van der Waals surface area contributed by atoms with Gasteiger partial charge in [0.2, 0.25) is 0 Å². The lowest BCUT2D eigenvalue weighted by Crippen LogP contribution is -2.23. The zero-order chi connectivity index (χ0) is 11.5. The van der Waals surface area contributed by atoms with Crippen LogP contribution in [0.4, 0.5) is 5.69 Å². The Kier molecular flexibility index (Phi) is 2.81. The summed E-state index contributed by atoms with van der Waals surface area (Å²) in [5.41, 5.74) is 7.92. The van der Waals surface area contributed by atoms with Gasteiger partial charge in [0.1, 0.15) is 0 Å². The van der Waals surface area contributed by atoms with Gasteiger partial charge in [0.05, 0.1) is 5.56 Å². The first-order chi connectivity index (χ1) is 7.72. The van der Waals surface area contributed by atoms with Gasteiger partial charge in [-0.2, -0.15) is 0 Å². The molecule has 0 aliphatic rings. The lowest BCUT2D eigenvalue weighted by atomic mass is 10.1. The van der Waals surface area contributed by atoms with Gasteiger partial charge in [-0.05, 0) is 24.6 Å². The van der Waals surface area contributed by atoms with Gasteiger partial charge < -0.3 is 16.0 Å². The van der Waals surface area contributed by atoms with Crippen LogP contribution in [0.5, 0.6) is 0 Å². The fourth-order valence-electron chi connectivity index (χ4n) is 1.67. The first kappa shape index (κ1) is 10.5. The molecule has 0 fully saturated rings. The fourth-order valence-corrected chi connectivity index (χ4v) is 1.67. The highest BCUT2D eigenvalue weighted by molar-refractivity contribution is 6.07. The van der Waals surface area contributed by atoms with Crippen LogP contribution in [0, 0.1) is 0 Å². The molecule has 1 aromatic carbocycles. The summed E-state index contributed by atoms with van der Waals surface area (Å²) >= 11 is 0. The molecule has 0 saturated heterocycles. The summed E-state index contributed by atoms with van der Waals surface area (Å²) in [4.78, 5) is 14.8. The van der Waals surface area contributed by atoms with Crippen molar-refractivity contribution in [3.63, 3.8) is 0 Å². The average Bonchev–Trinajstić information content (AvgIpc) is 2.68. The summed E-state index contributed by atoms with van der Waals surface area (Å²) in [6.45, 7) is 2.72. The lowest BCUT2D eigenvalue weighted by molar-refractivity contribution is 0.0955. The van der Waals surface area contributed by atoms with E-state index in [9.17, 15) is 4.79 Å². The summed E-state index contributed by atoms with van der Waals surface area (Å²) in [6.07, 6.45) is 2.65. The minimum Gasteiger partial charge on any atom is -0.399 e. The van der Waals surface area contributed by atoms with Crippen LogP contribution < -0.4 is 11.1 Å². The van der Waals surface area contributed by atoms with Gasteiger partial charge in [0.15, 0.2) is 0 Å². The Morgan fingerprint density at radius 1 is 1.50 bits per heavy atom. The minimum atomic E-state index is -0.0436. The maximum Gasteiger partial charge on any atom is 0.253 e. The van der Waals surface area contributed by atoms with Crippen molar-refractivity contribution in [2.75, 3.05) is 12.3 Å². The number of fused-ring (bicyclic) bond motifs is 1. The van der Waals surface area contributed by atoms with E-state index in [-0.39, 0.29) is 5.91 Å². The van der Waals surface area contributed by atoms with Crippen molar-refractivity contribution in [2.24, 2.45) is 0 Å². The third-order valence-corrected chi connectivity index (χ3v) is 2.49. The van der Waals surface area contributed by atoms with Crippen molar-refractivity contribution >= 4 is 22.5 Å². The average molecular weight is 217 g/mol. The monoisotopic (exact) mass is 217 g/mol. The standard InChI is InChI=1S/C12H15N3O/c1-2-5-14-12(16)10-7-15-11-6-8(13)3-4-9(10)11/h3-4,6-7,15H,2,5,13H2,1H3,(H,14,16). The van der Waals surface area contributed by atoms with E-state index in [0.717, 1.165) is 17.3 Å². The van der Waals surface area contributed by atoms with Crippen LogP contribution in [0.15, 0.2) is 24.4 Å². The number of nitrogens with two attached hydrogens (primary N) is 1. The molecule has 0 bridgehead atoms. The van der Waals surface area contributed by atoms with E-state index in [4.69, 9.17) is 5.73 Å². The molecule has 4 N–H and O–H groups in total. The van der Waals surface area contributed by atoms with Gasteiger partial charge in [-0.1, -0.05) is 6.92 Å². The molecule has 0 spiro atoms. The number of H-pyrrole nitrogens is 1. The number of nitrogens with one attached hydrogen (secondary N) is 2. The first-order valence-electron chi connectivity index (χ1n) is 5.37. The molecule has 0 aliphatic heterocycles. The Labute approximate surface area is 93.8 Å². The molecule has 84 valence electrons. The molecular weight excluding hydrogens is 202 g/mol.